The van der Waals surface area contributed by atoms with E-state index < -0.39 is 10.0 Å². The maximum absolute atomic E-state index is 12.3. The Hall–Kier alpha value is -1.40. The van der Waals surface area contributed by atoms with E-state index in [9.17, 15) is 8.42 Å². The van der Waals surface area contributed by atoms with Gasteiger partial charge in [-0.1, -0.05) is 28.9 Å². The standard InChI is InChI=1S/C13H13BrN2O2S/c1-2-10-9-11(14)6-7-12(10)19(17,18)16-13-5-3-4-8-15-13/h3-9H,2H2,1H3,(H,15,16). The fraction of sp³-hybridized carbons (Fsp3) is 0.154. The summed E-state index contributed by atoms with van der Waals surface area (Å²) >= 11 is 3.34. The number of hydrogen-bond donors (Lipinski definition) is 1. The molecule has 1 aromatic heterocycles. The van der Waals surface area contributed by atoms with Crippen LogP contribution >= 0.6 is 15.9 Å². The molecule has 0 saturated carbocycles. The van der Waals surface area contributed by atoms with Crippen LogP contribution in [0.25, 0.3) is 0 Å². The normalized spacial score (nSPS) is 11.3. The van der Waals surface area contributed by atoms with E-state index >= 15 is 0 Å². The summed E-state index contributed by atoms with van der Waals surface area (Å²) < 4.78 is 28.0. The maximum atomic E-state index is 12.3. The van der Waals surface area contributed by atoms with Crippen LogP contribution in [0.4, 0.5) is 5.82 Å². The number of rotatable bonds is 4. The van der Waals surface area contributed by atoms with Crippen LogP contribution in [0.15, 0.2) is 52.0 Å². The van der Waals surface area contributed by atoms with Crippen molar-refractivity contribution in [2.45, 2.75) is 18.2 Å². The van der Waals surface area contributed by atoms with Crippen molar-refractivity contribution in [3.8, 4) is 0 Å². The number of hydrogen-bond acceptors (Lipinski definition) is 3. The fourth-order valence-electron chi connectivity index (χ4n) is 1.70. The molecule has 2 rings (SSSR count). The maximum Gasteiger partial charge on any atom is 0.263 e. The average Bonchev–Trinajstić information content (AvgIpc) is 2.38. The van der Waals surface area contributed by atoms with E-state index in [1.54, 1.807) is 36.5 Å². The number of aryl methyl sites for hydroxylation is 1. The number of pyridine rings is 1. The van der Waals surface area contributed by atoms with Gasteiger partial charge in [-0.3, -0.25) is 4.72 Å². The summed E-state index contributed by atoms with van der Waals surface area (Å²) in [5.41, 5.74) is 0.762. The molecule has 6 heteroatoms. The molecule has 1 N–H and O–H groups in total. The van der Waals surface area contributed by atoms with Gasteiger partial charge in [0.1, 0.15) is 5.82 Å². The molecule has 0 radical (unpaired) electrons. The zero-order chi connectivity index (χ0) is 13.9. The number of halogens is 1. The highest BCUT2D eigenvalue weighted by Crippen LogP contribution is 2.23. The van der Waals surface area contributed by atoms with Gasteiger partial charge in [0.25, 0.3) is 10.0 Å². The van der Waals surface area contributed by atoms with Crippen LogP contribution in [0.2, 0.25) is 0 Å². The van der Waals surface area contributed by atoms with E-state index in [1.807, 2.05) is 13.0 Å². The highest BCUT2D eigenvalue weighted by atomic mass is 79.9. The quantitative estimate of drug-likeness (QED) is 0.929. The van der Waals surface area contributed by atoms with Crippen molar-refractivity contribution in [3.05, 3.63) is 52.6 Å². The SMILES string of the molecule is CCc1cc(Br)ccc1S(=O)(=O)Nc1ccccn1. The third-order valence-electron chi connectivity index (χ3n) is 2.60. The first kappa shape index (κ1) is 14.0. The van der Waals surface area contributed by atoms with Crippen molar-refractivity contribution in [2.24, 2.45) is 0 Å². The molecule has 0 aliphatic carbocycles. The lowest BCUT2D eigenvalue weighted by atomic mass is 10.2. The minimum Gasteiger partial charge on any atom is -0.263 e. The van der Waals surface area contributed by atoms with Crippen LogP contribution in [0.3, 0.4) is 0 Å². The summed E-state index contributed by atoms with van der Waals surface area (Å²) in [5.74, 6) is 0.312. The van der Waals surface area contributed by atoms with Crippen LogP contribution in [0, 0.1) is 0 Å². The largest absolute Gasteiger partial charge is 0.263 e. The molecule has 0 saturated heterocycles. The van der Waals surface area contributed by atoms with Crippen molar-refractivity contribution in [1.29, 1.82) is 0 Å². The summed E-state index contributed by atoms with van der Waals surface area (Å²) in [5, 5.41) is 0. The predicted molar refractivity (Wildman–Crippen MR) is 78.6 cm³/mol. The van der Waals surface area contributed by atoms with Crippen LogP contribution in [-0.4, -0.2) is 13.4 Å². The van der Waals surface area contributed by atoms with Crippen LogP contribution in [0.1, 0.15) is 12.5 Å². The fourth-order valence-corrected chi connectivity index (χ4v) is 3.41. The molecule has 0 unspecified atom stereocenters. The van der Waals surface area contributed by atoms with Gasteiger partial charge in [0, 0.05) is 10.7 Å². The highest BCUT2D eigenvalue weighted by Gasteiger charge is 2.18. The smallest absolute Gasteiger partial charge is 0.263 e. The van der Waals surface area contributed by atoms with Gasteiger partial charge in [-0.2, -0.15) is 0 Å². The predicted octanol–water partition coefficient (Wildman–Crippen LogP) is 3.21. The third kappa shape index (κ3) is 3.33. The summed E-state index contributed by atoms with van der Waals surface area (Å²) in [4.78, 5) is 4.24. The molecule has 0 aliphatic rings. The van der Waals surface area contributed by atoms with Crippen molar-refractivity contribution < 1.29 is 8.42 Å². The Bertz CT molecular complexity index is 672. The lowest BCUT2D eigenvalue weighted by Crippen LogP contribution is -2.15. The Labute approximate surface area is 121 Å². The van der Waals surface area contributed by atoms with Gasteiger partial charge in [0.15, 0.2) is 0 Å². The Kier molecular flexibility index (Phi) is 4.21. The Morgan fingerprint density at radius 2 is 2.05 bits per heavy atom. The second-order valence-electron chi connectivity index (χ2n) is 3.93. The van der Waals surface area contributed by atoms with Crippen molar-refractivity contribution in [1.82, 2.24) is 4.98 Å². The number of anilines is 1. The molecule has 0 amide bonds. The summed E-state index contributed by atoms with van der Waals surface area (Å²) in [6.07, 6.45) is 2.18. The molecular formula is C13H13BrN2O2S. The van der Waals surface area contributed by atoms with Crippen molar-refractivity contribution in [2.75, 3.05) is 4.72 Å². The first-order valence-electron chi connectivity index (χ1n) is 5.75. The van der Waals surface area contributed by atoms with E-state index in [2.05, 4.69) is 25.6 Å². The van der Waals surface area contributed by atoms with E-state index in [0.717, 1.165) is 10.0 Å². The lowest BCUT2D eigenvalue weighted by Gasteiger charge is -2.11. The van der Waals surface area contributed by atoms with Crippen LogP contribution in [0.5, 0.6) is 0 Å². The van der Waals surface area contributed by atoms with E-state index in [4.69, 9.17) is 0 Å². The Balaban J connectivity index is 2.40. The van der Waals surface area contributed by atoms with E-state index in [-0.39, 0.29) is 4.90 Å². The first-order valence-corrected chi connectivity index (χ1v) is 8.03. The topological polar surface area (TPSA) is 59.1 Å². The van der Waals surface area contributed by atoms with Crippen LogP contribution < -0.4 is 4.72 Å². The van der Waals surface area contributed by atoms with Crippen molar-refractivity contribution >= 4 is 31.8 Å². The van der Waals surface area contributed by atoms with Gasteiger partial charge < -0.3 is 0 Å². The second kappa shape index (κ2) is 5.71. The molecule has 0 aliphatic heterocycles. The molecule has 0 atom stereocenters. The Morgan fingerprint density at radius 1 is 1.26 bits per heavy atom. The molecule has 2 aromatic rings. The van der Waals surface area contributed by atoms with Gasteiger partial charge in [-0.05, 0) is 42.3 Å². The number of nitrogens with one attached hydrogen (secondary N) is 1. The summed E-state index contributed by atoms with van der Waals surface area (Å²) in [6.45, 7) is 1.92. The summed E-state index contributed by atoms with van der Waals surface area (Å²) in [6, 6.07) is 10.2. The molecular weight excluding hydrogens is 328 g/mol. The third-order valence-corrected chi connectivity index (χ3v) is 4.55. The monoisotopic (exact) mass is 340 g/mol. The lowest BCUT2D eigenvalue weighted by molar-refractivity contribution is 0.600. The molecule has 1 aromatic carbocycles. The number of nitrogens with zero attached hydrogens (tertiary/aromatic N) is 1. The van der Waals surface area contributed by atoms with Gasteiger partial charge in [0.2, 0.25) is 0 Å². The molecule has 0 fully saturated rings. The van der Waals surface area contributed by atoms with Gasteiger partial charge in [-0.15, -0.1) is 0 Å². The van der Waals surface area contributed by atoms with Crippen molar-refractivity contribution in [3.63, 3.8) is 0 Å². The Morgan fingerprint density at radius 3 is 2.68 bits per heavy atom. The molecule has 100 valence electrons. The first-order chi connectivity index (χ1) is 9.03. The molecule has 4 nitrogen and oxygen atoms in total. The summed E-state index contributed by atoms with van der Waals surface area (Å²) in [7, 11) is -3.61. The number of benzene rings is 1. The molecule has 0 bridgehead atoms. The number of aromatic nitrogens is 1. The molecule has 0 spiro atoms. The van der Waals surface area contributed by atoms with E-state index in [1.165, 1.54) is 0 Å². The second-order valence-corrected chi connectivity index (χ2v) is 6.49. The minimum absolute atomic E-state index is 0.281. The van der Waals surface area contributed by atoms with E-state index in [0.29, 0.717) is 12.2 Å². The average molecular weight is 341 g/mol. The van der Waals surface area contributed by atoms with Gasteiger partial charge in [0.05, 0.1) is 4.90 Å². The van der Waals surface area contributed by atoms with Gasteiger partial charge in [-0.25, -0.2) is 13.4 Å². The minimum atomic E-state index is -3.61. The highest BCUT2D eigenvalue weighted by molar-refractivity contribution is 9.10. The van der Waals surface area contributed by atoms with Gasteiger partial charge >= 0.3 is 0 Å². The van der Waals surface area contributed by atoms with Crippen LogP contribution in [-0.2, 0) is 16.4 Å². The zero-order valence-electron chi connectivity index (χ0n) is 10.3. The zero-order valence-corrected chi connectivity index (χ0v) is 12.7. The number of sulfonamides is 1. The molecule has 1 heterocycles. The molecule has 19 heavy (non-hydrogen) atoms.